The minimum absolute atomic E-state index is 0.0493. The van der Waals surface area contributed by atoms with Crippen LogP contribution in [0.3, 0.4) is 0 Å². The fourth-order valence-electron chi connectivity index (χ4n) is 2.85. The molecule has 1 aromatic heterocycles. The quantitative estimate of drug-likeness (QED) is 0.553. The number of thiophene rings is 1. The number of amides is 2. The molecule has 0 bridgehead atoms. The van der Waals surface area contributed by atoms with Crippen molar-refractivity contribution in [1.29, 1.82) is 0 Å². The van der Waals surface area contributed by atoms with Crippen molar-refractivity contribution in [3.8, 4) is 0 Å². The molecule has 1 fully saturated rings. The Morgan fingerprint density at radius 1 is 1.20 bits per heavy atom. The van der Waals surface area contributed by atoms with Gasteiger partial charge in [-0.25, -0.2) is 22.8 Å². The maximum Gasteiger partial charge on any atom is 0.350 e. The molecule has 0 aliphatic carbocycles. The number of carbonyl (C=O) groups is 3. The predicted molar refractivity (Wildman–Crippen MR) is 111 cm³/mol. The fourth-order valence-corrected chi connectivity index (χ4v) is 6.71. The van der Waals surface area contributed by atoms with E-state index in [1.54, 1.807) is 18.7 Å². The van der Waals surface area contributed by atoms with Crippen molar-refractivity contribution >= 4 is 51.1 Å². The van der Waals surface area contributed by atoms with Crippen LogP contribution in [0.2, 0.25) is 0 Å². The SMILES string of the molecule is CCOC(=O)C1=C(COC(=O)c2sccc2S(=O)(=O)N2CCSCC2)NC(=O)NC1. The van der Waals surface area contributed by atoms with E-state index >= 15 is 0 Å². The van der Waals surface area contributed by atoms with Crippen LogP contribution in [0.15, 0.2) is 27.6 Å². The predicted octanol–water partition coefficient (Wildman–Crippen LogP) is 0.772. The van der Waals surface area contributed by atoms with Crippen LogP contribution in [0, 0.1) is 0 Å². The Bertz CT molecular complexity index is 965. The lowest BCUT2D eigenvalue weighted by atomic mass is 10.2. The number of rotatable bonds is 7. The zero-order chi connectivity index (χ0) is 21.7. The Kier molecular flexibility index (Phi) is 7.39. The third-order valence-electron chi connectivity index (χ3n) is 4.33. The van der Waals surface area contributed by atoms with Crippen LogP contribution in [0.4, 0.5) is 4.79 Å². The second-order valence-corrected chi connectivity index (χ2v) is 10.2. The van der Waals surface area contributed by atoms with E-state index in [1.807, 2.05) is 0 Å². The standard InChI is InChI=1S/C17H21N3O7S3/c1-2-26-15(21)11-9-18-17(23)19-12(11)10-27-16(22)14-13(3-6-29-14)30(24,25)20-4-7-28-8-5-20/h3,6H,2,4-5,7-10H2,1H3,(H2,18,19,23). The molecule has 2 aliphatic heterocycles. The second-order valence-electron chi connectivity index (χ2n) is 6.19. The van der Waals surface area contributed by atoms with Gasteiger partial charge in [0.15, 0.2) is 0 Å². The number of ether oxygens (including phenoxy) is 2. The molecule has 0 saturated carbocycles. The highest BCUT2D eigenvalue weighted by atomic mass is 32.2. The Morgan fingerprint density at radius 2 is 1.93 bits per heavy atom. The van der Waals surface area contributed by atoms with Gasteiger partial charge in [-0.15, -0.1) is 11.3 Å². The van der Waals surface area contributed by atoms with Crippen molar-refractivity contribution in [1.82, 2.24) is 14.9 Å². The van der Waals surface area contributed by atoms with Crippen molar-refractivity contribution in [2.24, 2.45) is 0 Å². The van der Waals surface area contributed by atoms with Crippen LogP contribution in [0.5, 0.6) is 0 Å². The molecular formula is C17H21N3O7S3. The van der Waals surface area contributed by atoms with Gasteiger partial charge in [0.1, 0.15) is 16.4 Å². The molecule has 0 radical (unpaired) electrons. The number of nitrogens with zero attached hydrogens (tertiary/aromatic N) is 1. The van der Waals surface area contributed by atoms with Gasteiger partial charge in [0, 0.05) is 24.6 Å². The molecule has 0 aromatic carbocycles. The van der Waals surface area contributed by atoms with Crippen molar-refractivity contribution < 1.29 is 32.3 Å². The molecule has 2 amide bonds. The highest BCUT2D eigenvalue weighted by Gasteiger charge is 2.32. The highest BCUT2D eigenvalue weighted by molar-refractivity contribution is 7.99. The highest BCUT2D eigenvalue weighted by Crippen LogP contribution is 2.28. The van der Waals surface area contributed by atoms with Crippen LogP contribution in [-0.2, 0) is 24.3 Å². The summed E-state index contributed by atoms with van der Waals surface area (Å²) in [7, 11) is -3.81. The fraction of sp³-hybridized carbons (Fsp3) is 0.471. The lowest BCUT2D eigenvalue weighted by Gasteiger charge is -2.25. The van der Waals surface area contributed by atoms with Gasteiger partial charge < -0.3 is 20.1 Å². The summed E-state index contributed by atoms with van der Waals surface area (Å²) in [6.45, 7) is 2.08. The first-order valence-electron chi connectivity index (χ1n) is 9.11. The van der Waals surface area contributed by atoms with E-state index in [0.29, 0.717) is 24.6 Å². The molecule has 1 aromatic rings. The third-order valence-corrected chi connectivity index (χ3v) is 8.23. The lowest BCUT2D eigenvalue weighted by molar-refractivity contribution is -0.138. The molecule has 3 rings (SSSR count). The number of hydrogen-bond donors (Lipinski definition) is 2. The van der Waals surface area contributed by atoms with Gasteiger partial charge in [-0.3, -0.25) is 0 Å². The summed E-state index contributed by atoms with van der Waals surface area (Å²) in [5.41, 5.74) is 0.230. The maximum atomic E-state index is 12.9. The summed E-state index contributed by atoms with van der Waals surface area (Å²) in [6, 6.07) is 0.838. The van der Waals surface area contributed by atoms with Crippen molar-refractivity contribution in [2.75, 3.05) is 44.4 Å². The van der Waals surface area contributed by atoms with Gasteiger partial charge >= 0.3 is 18.0 Å². The van der Waals surface area contributed by atoms with Crippen LogP contribution >= 0.6 is 23.1 Å². The number of urea groups is 1. The average Bonchev–Trinajstić information content (AvgIpc) is 3.24. The summed E-state index contributed by atoms with van der Waals surface area (Å²) in [5, 5.41) is 6.39. The Labute approximate surface area is 182 Å². The van der Waals surface area contributed by atoms with Crippen molar-refractivity contribution in [3.63, 3.8) is 0 Å². The summed E-state index contributed by atoms with van der Waals surface area (Å²) in [6.07, 6.45) is 0. The van der Waals surface area contributed by atoms with Crippen LogP contribution < -0.4 is 10.6 Å². The van der Waals surface area contributed by atoms with Crippen LogP contribution in [-0.4, -0.2) is 75.0 Å². The normalized spacial score (nSPS) is 17.8. The number of hydrogen-bond acceptors (Lipinski definition) is 9. The van der Waals surface area contributed by atoms with E-state index in [4.69, 9.17) is 9.47 Å². The number of esters is 2. The van der Waals surface area contributed by atoms with Gasteiger partial charge in [0.2, 0.25) is 10.0 Å². The van der Waals surface area contributed by atoms with Gasteiger partial charge in [-0.05, 0) is 18.4 Å². The van der Waals surface area contributed by atoms with Gasteiger partial charge in [-0.1, -0.05) is 0 Å². The summed E-state index contributed by atoms with van der Waals surface area (Å²) in [5.74, 6) is -0.0968. The summed E-state index contributed by atoms with van der Waals surface area (Å²) < 4.78 is 37.4. The smallest absolute Gasteiger partial charge is 0.350 e. The zero-order valence-electron chi connectivity index (χ0n) is 16.1. The molecule has 2 aliphatic rings. The lowest BCUT2D eigenvalue weighted by Crippen LogP contribution is -2.45. The topological polar surface area (TPSA) is 131 Å². The number of thioether (sulfide) groups is 1. The Hall–Kier alpha value is -2.09. The molecule has 3 heterocycles. The van der Waals surface area contributed by atoms with Crippen LogP contribution in [0.25, 0.3) is 0 Å². The van der Waals surface area contributed by atoms with Gasteiger partial charge in [-0.2, -0.15) is 16.1 Å². The monoisotopic (exact) mass is 475 g/mol. The molecule has 0 spiro atoms. The molecular weight excluding hydrogens is 454 g/mol. The zero-order valence-corrected chi connectivity index (χ0v) is 18.6. The second kappa shape index (κ2) is 9.81. The van der Waals surface area contributed by atoms with E-state index in [2.05, 4.69) is 10.6 Å². The van der Waals surface area contributed by atoms with Gasteiger partial charge in [0.25, 0.3) is 0 Å². The first-order valence-corrected chi connectivity index (χ1v) is 12.6. The maximum absolute atomic E-state index is 12.9. The summed E-state index contributed by atoms with van der Waals surface area (Å²) >= 11 is 2.63. The van der Waals surface area contributed by atoms with E-state index in [1.165, 1.54) is 15.8 Å². The Morgan fingerprint density at radius 3 is 2.63 bits per heavy atom. The van der Waals surface area contributed by atoms with Crippen molar-refractivity contribution in [2.45, 2.75) is 11.8 Å². The van der Waals surface area contributed by atoms with E-state index in [-0.39, 0.29) is 34.2 Å². The number of sulfonamides is 1. The third kappa shape index (κ3) is 4.96. The van der Waals surface area contributed by atoms with E-state index < -0.39 is 34.6 Å². The van der Waals surface area contributed by atoms with Gasteiger partial charge in [0.05, 0.1) is 24.4 Å². The molecule has 1 saturated heterocycles. The molecule has 10 nitrogen and oxygen atoms in total. The van der Waals surface area contributed by atoms with E-state index in [0.717, 1.165) is 11.3 Å². The number of nitrogens with one attached hydrogen (secondary N) is 2. The average molecular weight is 476 g/mol. The largest absolute Gasteiger partial charge is 0.463 e. The first-order chi connectivity index (χ1) is 14.3. The first kappa shape index (κ1) is 22.6. The Balaban J connectivity index is 1.76. The van der Waals surface area contributed by atoms with E-state index in [9.17, 15) is 22.8 Å². The van der Waals surface area contributed by atoms with Crippen LogP contribution in [0.1, 0.15) is 16.6 Å². The molecule has 0 unspecified atom stereocenters. The molecule has 2 N–H and O–H groups in total. The molecule has 13 heteroatoms. The molecule has 30 heavy (non-hydrogen) atoms. The molecule has 164 valence electrons. The number of carbonyl (C=O) groups excluding carboxylic acids is 3. The minimum atomic E-state index is -3.81. The minimum Gasteiger partial charge on any atom is -0.463 e. The summed E-state index contributed by atoms with van der Waals surface area (Å²) in [4.78, 5) is 36.1. The molecule has 0 atom stereocenters. The van der Waals surface area contributed by atoms with Crippen molar-refractivity contribution in [3.05, 3.63) is 27.6 Å².